The van der Waals surface area contributed by atoms with Crippen LogP contribution in [0.4, 0.5) is 0 Å². The predicted octanol–water partition coefficient (Wildman–Crippen LogP) is 8.77. The molecule has 53 heavy (non-hydrogen) atoms. The third-order valence-electron chi connectivity index (χ3n) is 8.97. The van der Waals surface area contributed by atoms with Gasteiger partial charge in [-0.15, -0.1) is 11.3 Å². The van der Waals surface area contributed by atoms with Gasteiger partial charge in [0.05, 0.1) is 11.5 Å². The van der Waals surface area contributed by atoms with Crippen LogP contribution in [0.25, 0.3) is 22.5 Å². The number of carboxylic acids is 2. The van der Waals surface area contributed by atoms with Crippen LogP contribution < -0.4 is 10.1 Å². The fraction of sp³-hybridized carbons (Fsp3) is 0.429. The van der Waals surface area contributed by atoms with Crippen LogP contribution in [-0.4, -0.2) is 56.5 Å². The topological polar surface area (TPSA) is 156 Å². The smallest absolute Gasteiger partial charge is 0.326 e. The molecule has 10 nitrogen and oxygen atoms in total. The maximum Gasteiger partial charge on any atom is 0.326 e. The molecule has 3 N–H and O–H groups in total. The van der Waals surface area contributed by atoms with Crippen LogP contribution in [0.15, 0.2) is 73.1 Å². The number of benzene rings is 2. The van der Waals surface area contributed by atoms with Gasteiger partial charge in [0.2, 0.25) is 5.91 Å². The number of aliphatic carboxylic acids is 2. The molecule has 2 aromatic carbocycles. The second-order valence-corrected chi connectivity index (χ2v) is 15.5. The lowest BCUT2D eigenvalue weighted by Crippen LogP contribution is -2.44. The van der Waals surface area contributed by atoms with Crippen LogP contribution in [0, 0.1) is 5.92 Å². The highest BCUT2D eigenvalue weighted by atomic mass is 32.1. The van der Waals surface area contributed by atoms with Gasteiger partial charge in [-0.2, -0.15) is 0 Å². The molecule has 0 spiro atoms. The minimum atomic E-state index is -1.27. The summed E-state index contributed by atoms with van der Waals surface area (Å²) >= 11 is 1.39. The molecule has 1 amide bonds. The molecule has 0 saturated carbocycles. The van der Waals surface area contributed by atoms with E-state index in [1.165, 1.54) is 37.0 Å². The Morgan fingerprint density at radius 2 is 1.47 bits per heavy atom. The molecule has 2 aromatic heterocycles. The number of amides is 1. The van der Waals surface area contributed by atoms with E-state index in [0.29, 0.717) is 17.3 Å². The van der Waals surface area contributed by atoms with Crippen LogP contribution in [-0.2, 0) is 26.2 Å². The van der Waals surface area contributed by atoms with Crippen molar-refractivity contribution in [3.05, 3.63) is 88.4 Å². The summed E-state index contributed by atoms with van der Waals surface area (Å²) in [5.41, 5.74) is 3.27. The normalized spacial score (nSPS) is 12.5. The number of thiophene rings is 1. The van der Waals surface area contributed by atoms with E-state index in [4.69, 9.17) is 9.84 Å². The van der Waals surface area contributed by atoms with Gasteiger partial charge < -0.3 is 20.3 Å². The van der Waals surface area contributed by atoms with E-state index >= 15 is 0 Å². The zero-order valence-electron chi connectivity index (χ0n) is 31.1. The molecule has 0 aliphatic heterocycles. The Bertz CT molecular complexity index is 1800. The van der Waals surface area contributed by atoms with Crippen molar-refractivity contribution in [3.8, 4) is 28.3 Å². The highest BCUT2D eigenvalue weighted by Gasteiger charge is 2.29. The van der Waals surface area contributed by atoms with E-state index in [0.717, 1.165) is 39.3 Å². The number of nitrogens with zero attached hydrogens (tertiary/aromatic N) is 2. The first-order valence-corrected chi connectivity index (χ1v) is 19.2. The lowest BCUT2D eigenvalue weighted by Gasteiger charge is -2.20. The van der Waals surface area contributed by atoms with Crippen molar-refractivity contribution in [2.45, 2.75) is 103 Å². The average molecular weight is 742 g/mol. The van der Waals surface area contributed by atoms with E-state index in [9.17, 15) is 24.3 Å². The number of carbonyl (C=O) groups excluding carboxylic acids is 2. The maximum absolute atomic E-state index is 13.6. The Kier molecular flexibility index (Phi) is 15.3. The second-order valence-electron chi connectivity index (χ2n) is 14.4. The molecule has 0 fully saturated rings. The zero-order chi connectivity index (χ0) is 38.4. The largest absolute Gasteiger partial charge is 0.494 e. The van der Waals surface area contributed by atoms with Crippen molar-refractivity contribution in [3.63, 3.8) is 0 Å². The van der Waals surface area contributed by atoms with Crippen LogP contribution in [0.2, 0.25) is 0 Å². The van der Waals surface area contributed by atoms with Gasteiger partial charge in [0, 0.05) is 47.2 Å². The van der Waals surface area contributed by atoms with Gasteiger partial charge in [-0.1, -0.05) is 89.8 Å². The van der Waals surface area contributed by atoms with Gasteiger partial charge in [0.25, 0.3) is 0 Å². The summed E-state index contributed by atoms with van der Waals surface area (Å²) in [5.74, 6) is -2.55. The van der Waals surface area contributed by atoms with E-state index in [1.54, 1.807) is 18.5 Å². The van der Waals surface area contributed by atoms with Gasteiger partial charge in [0.15, 0.2) is 11.6 Å². The van der Waals surface area contributed by atoms with Crippen molar-refractivity contribution < 1.29 is 34.1 Å². The zero-order valence-corrected chi connectivity index (χ0v) is 31.9. The Morgan fingerprint density at radius 3 is 2.08 bits per heavy atom. The fourth-order valence-corrected chi connectivity index (χ4v) is 6.83. The summed E-state index contributed by atoms with van der Waals surface area (Å²) in [7, 11) is 0. The van der Waals surface area contributed by atoms with Crippen molar-refractivity contribution in [1.82, 2.24) is 15.3 Å². The summed E-state index contributed by atoms with van der Waals surface area (Å²) in [6.07, 6.45) is 9.42. The summed E-state index contributed by atoms with van der Waals surface area (Å²) in [6.45, 7) is 9.11. The van der Waals surface area contributed by atoms with Crippen LogP contribution in [0.3, 0.4) is 0 Å². The molecule has 1 unspecified atom stereocenters. The Balaban J connectivity index is 1.43. The average Bonchev–Trinajstić information content (AvgIpc) is 3.65. The van der Waals surface area contributed by atoms with Crippen molar-refractivity contribution >= 4 is 35.0 Å². The van der Waals surface area contributed by atoms with E-state index < -0.39 is 29.8 Å². The van der Waals surface area contributed by atoms with E-state index in [2.05, 4.69) is 43.0 Å². The number of unbranched alkanes of at least 4 members (excludes halogenated alkanes) is 4. The number of aromatic nitrogens is 2. The highest BCUT2D eigenvalue weighted by molar-refractivity contribution is 7.14. The molecule has 4 aromatic rings. The number of carboxylic acid groups (broad SMARTS) is 2. The molecule has 2 heterocycles. The standard InChI is InChI=1S/C42H51N3O7S/c1-5-6-7-8-9-23-52-33-19-17-29(18-20-33)32-26-43-39(44-27-32)30-15-13-28(14-16-30)24-31(25-35(46)36-21-22-37(53-36)42(2,3)4)40(49)45-34(41(50)51)11-10-12-38(47)48/h13-22,26-27,31,34H,5-12,23-25H2,1-4H3,(H,45,49)(H,47,48)(H,50,51)/t31-,34?/m1/s1. The molecular weight excluding hydrogens is 691 g/mol. The predicted molar refractivity (Wildman–Crippen MR) is 207 cm³/mol. The summed E-state index contributed by atoms with van der Waals surface area (Å²) in [4.78, 5) is 60.7. The SMILES string of the molecule is CCCCCCCOc1ccc(-c2cnc(-c3ccc(C[C@H](CC(=O)c4ccc(C(C)(C)C)s4)C(=O)NC(CCCC(=O)O)C(=O)O)cc3)nc2)cc1. The number of hydrogen-bond donors (Lipinski definition) is 3. The molecule has 0 aliphatic carbocycles. The summed E-state index contributed by atoms with van der Waals surface area (Å²) < 4.78 is 5.89. The van der Waals surface area contributed by atoms with Crippen molar-refractivity contribution in [2.24, 2.45) is 5.92 Å². The second kappa shape index (κ2) is 19.8. The third-order valence-corrected chi connectivity index (χ3v) is 10.5. The monoisotopic (exact) mass is 741 g/mol. The Morgan fingerprint density at radius 1 is 0.811 bits per heavy atom. The first-order chi connectivity index (χ1) is 25.3. The van der Waals surface area contributed by atoms with Crippen molar-refractivity contribution in [2.75, 3.05) is 6.61 Å². The summed E-state index contributed by atoms with van der Waals surface area (Å²) in [6, 6.07) is 17.7. The fourth-order valence-electron chi connectivity index (χ4n) is 5.82. The maximum atomic E-state index is 13.6. The molecule has 0 bridgehead atoms. The molecule has 11 heteroatoms. The van der Waals surface area contributed by atoms with Gasteiger partial charge in [-0.3, -0.25) is 14.4 Å². The van der Waals surface area contributed by atoms with E-state index in [1.807, 2.05) is 54.6 Å². The molecule has 0 aliphatic rings. The molecule has 282 valence electrons. The molecule has 0 saturated heterocycles. The number of hydrogen-bond acceptors (Lipinski definition) is 8. The van der Waals surface area contributed by atoms with Crippen LogP contribution in [0.5, 0.6) is 5.75 Å². The molecular formula is C42H51N3O7S. The minimum absolute atomic E-state index is 0.0413. The van der Waals surface area contributed by atoms with Crippen LogP contribution >= 0.6 is 11.3 Å². The number of ether oxygens (including phenoxy) is 1. The Hall–Kier alpha value is -4.90. The van der Waals surface area contributed by atoms with Crippen molar-refractivity contribution in [1.29, 1.82) is 0 Å². The molecule has 2 atom stereocenters. The highest BCUT2D eigenvalue weighted by Crippen LogP contribution is 2.31. The lowest BCUT2D eigenvalue weighted by atomic mass is 9.91. The summed E-state index contributed by atoms with van der Waals surface area (Å²) in [5, 5.41) is 21.3. The minimum Gasteiger partial charge on any atom is -0.494 e. The lowest BCUT2D eigenvalue weighted by molar-refractivity contribution is -0.143. The van der Waals surface area contributed by atoms with Gasteiger partial charge in [-0.05, 0) is 66.5 Å². The quantitative estimate of drug-likeness (QED) is 0.0561. The number of rotatable bonds is 21. The number of Topliss-reactive ketones (excluding diaryl/α,β-unsaturated/α-hetero) is 1. The molecule has 0 radical (unpaired) electrons. The first kappa shape index (κ1) is 40.9. The molecule has 4 rings (SSSR count). The van der Waals surface area contributed by atoms with Gasteiger partial charge in [0.1, 0.15) is 11.8 Å². The number of ketones is 1. The first-order valence-electron chi connectivity index (χ1n) is 18.4. The van der Waals surface area contributed by atoms with Gasteiger partial charge >= 0.3 is 11.9 Å². The third kappa shape index (κ3) is 12.9. The van der Waals surface area contributed by atoms with Gasteiger partial charge in [-0.25, -0.2) is 14.8 Å². The Labute approximate surface area is 316 Å². The van der Waals surface area contributed by atoms with Crippen LogP contribution in [0.1, 0.15) is 106 Å². The number of carbonyl (C=O) groups is 4. The van der Waals surface area contributed by atoms with E-state index in [-0.39, 0.29) is 43.3 Å². The number of nitrogens with one attached hydrogen (secondary N) is 1.